The van der Waals surface area contributed by atoms with Gasteiger partial charge in [0, 0.05) is 0 Å². The summed E-state index contributed by atoms with van der Waals surface area (Å²) in [7, 11) is 0. The minimum atomic E-state index is -1.14. The first-order valence-electron chi connectivity index (χ1n) is 5.85. The Labute approximate surface area is 116 Å². The molecule has 2 aromatic carbocycles. The van der Waals surface area contributed by atoms with Crippen molar-refractivity contribution in [3.05, 3.63) is 64.9 Å². The topological polar surface area (TPSA) is 29.5 Å². The summed E-state index contributed by atoms with van der Waals surface area (Å²) >= 11 is 5.86. The van der Waals surface area contributed by atoms with Crippen molar-refractivity contribution >= 4 is 11.6 Å². The van der Waals surface area contributed by atoms with Gasteiger partial charge in [0.2, 0.25) is 0 Å². The van der Waals surface area contributed by atoms with Gasteiger partial charge in [-0.3, -0.25) is 0 Å². The van der Waals surface area contributed by atoms with Gasteiger partial charge in [-0.1, -0.05) is 41.9 Å². The van der Waals surface area contributed by atoms with Crippen molar-refractivity contribution in [1.29, 1.82) is 0 Å². The number of hydrogen-bond donors (Lipinski definition) is 1. The summed E-state index contributed by atoms with van der Waals surface area (Å²) in [6, 6.07) is 13.1. The summed E-state index contributed by atoms with van der Waals surface area (Å²) < 4.78 is 18.4. The van der Waals surface area contributed by atoms with Gasteiger partial charge in [-0.2, -0.15) is 0 Å². The largest absolute Gasteiger partial charge is 0.489 e. The van der Waals surface area contributed by atoms with Crippen LogP contribution < -0.4 is 4.74 Å². The molecule has 0 saturated heterocycles. The normalized spacial score (nSPS) is 13.9. The zero-order chi connectivity index (χ0) is 13.9. The first-order valence-corrected chi connectivity index (χ1v) is 6.22. The van der Waals surface area contributed by atoms with Gasteiger partial charge in [0.15, 0.2) is 0 Å². The highest BCUT2D eigenvalue weighted by Crippen LogP contribution is 2.27. The molecule has 2 rings (SSSR count). The van der Waals surface area contributed by atoms with Crippen molar-refractivity contribution in [2.24, 2.45) is 0 Å². The van der Waals surface area contributed by atoms with Gasteiger partial charge < -0.3 is 9.84 Å². The van der Waals surface area contributed by atoms with Crippen molar-refractivity contribution in [1.82, 2.24) is 0 Å². The third kappa shape index (κ3) is 3.46. The van der Waals surface area contributed by atoms with Gasteiger partial charge >= 0.3 is 0 Å². The second-order valence-corrected chi connectivity index (χ2v) is 4.91. The molecule has 1 unspecified atom stereocenters. The number of rotatable bonds is 4. The predicted octanol–water partition coefficient (Wildman–Crippen LogP) is 3.77. The third-order valence-electron chi connectivity index (χ3n) is 2.80. The Morgan fingerprint density at radius 1 is 1.21 bits per heavy atom. The van der Waals surface area contributed by atoms with Gasteiger partial charge in [-0.25, -0.2) is 4.39 Å². The van der Waals surface area contributed by atoms with Gasteiger partial charge in [-0.15, -0.1) is 0 Å². The van der Waals surface area contributed by atoms with Crippen molar-refractivity contribution < 1.29 is 14.2 Å². The first-order chi connectivity index (χ1) is 8.99. The van der Waals surface area contributed by atoms with Crippen LogP contribution in [0.3, 0.4) is 0 Å². The zero-order valence-corrected chi connectivity index (χ0v) is 11.2. The average Bonchev–Trinajstić information content (AvgIpc) is 2.39. The van der Waals surface area contributed by atoms with Crippen LogP contribution in [-0.2, 0) is 5.60 Å². The lowest BCUT2D eigenvalue weighted by atomic mass is 9.97. The summed E-state index contributed by atoms with van der Waals surface area (Å²) in [6.07, 6.45) is 0. The fourth-order valence-electron chi connectivity index (χ4n) is 1.69. The maximum Gasteiger partial charge on any atom is 0.138 e. The van der Waals surface area contributed by atoms with Crippen LogP contribution in [0.25, 0.3) is 0 Å². The van der Waals surface area contributed by atoms with Gasteiger partial charge in [0.05, 0.1) is 5.02 Å². The maximum atomic E-state index is 12.9. The van der Waals surface area contributed by atoms with E-state index in [0.29, 0.717) is 5.75 Å². The highest BCUT2D eigenvalue weighted by Gasteiger charge is 2.24. The van der Waals surface area contributed by atoms with Crippen LogP contribution in [-0.4, -0.2) is 11.7 Å². The van der Waals surface area contributed by atoms with Crippen molar-refractivity contribution in [2.45, 2.75) is 12.5 Å². The van der Waals surface area contributed by atoms with E-state index >= 15 is 0 Å². The molecule has 0 aliphatic heterocycles. The molecule has 4 heteroatoms. The molecule has 100 valence electrons. The summed E-state index contributed by atoms with van der Waals surface area (Å²) in [5.41, 5.74) is -0.396. The van der Waals surface area contributed by atoms with Crippen LogP contribution in [0, 0.1) is 5.82 Å². The Morgan fingerprint density at radius 3 is 2.53 bits per heavy atom. The van der Waals surface area contributed by atoms with E-state index in [4.69, 9.17) is 16.3 Å². The van der Waals surface area contributed by atoms with Crippen LogP contribution in [0.5, 0.6) is 5.75 Å². The minimum Gasteiger partial charge on any atom is -0.489 e. The molecule has 0 fully saturated rings. The van der Waals surface area contributed by atoms with E-state index in [9.17, 15) is 9.50 Å². The zero-order valence-electron chi connectivity index (χ0n) is 10.4. The maximum absolute atomic E-state index is 12.9. The Balaban J connectivity index is 2.09. The Morgan fingerprint density at radius 2 is 1.89 bits per heavy atom. The number of halogens is 2. The summed E-state index contributed by atoms with van der Waals surface area (Å²) in [4.78, 5) is 0. The summed E-state index contributed by atoms with van der Waals surface area (Å²) in [5, 5.41) is 10.5. The van der Waals surface area contributed by atoms with E-state index in [-0.39, 0.29) is 11.6 Å². The smallest absolute Gasteiger partial charge is 0.138 e. The number of aliphatic hydroxyl groups is 1. The Bertz CT molecular complexity index is 555. The molecule has 0 aliphatic carbocycles. The molecule has 0 radical (unpaired) electrons. The molecule has 1 atom stereocenters. The SMILES string of the molecule is CC(O)(COc1ccc(F)cc1Cl)c1ccccc1. The highest BCUT2D eigenvalue weighted by atomic mass is 35.5. The van der Waals surface area contributed by atoms with Gasteiger partial charge in [-0.05, 0) is 30.7 Å². The monoisotopic (exact) mass is 280 g/mol. The van der Waals surface area contributed by atoms with Crippen LogP contribution in [0.2, 0.25) is 5.02 Å². The molecule has 1 N–H and O–H groups in total. The lowest BCUT2D eigenvalue weighted by Crippen LogP contribution is -2.29. The molecule has 0 bridgehead atoms. The lowest BCUT2D eigenvalue weighted by molar-refractivity contribution is 0.00762. The van der Waals surface area contributed by atoms with E-state index in [2.05, 4.69) is 0 Å². The van der Waals surface area contributed by atoms with E-state index in [1.165, 1.54) is 18.2 Å². The highest BCUT2D eigenvalue weighted by molar-refractivity contribution is 6.32. The van der Waals surface area contributed by atoms with E-state index in [0.717, 1.165) is 5.56 Å². The van der Waals surface area contributed by atoms with Gasteiger partial charge in [0.25, 0.3) is 0 Å². The molecule has 0 saturated carbocycles. The molecular weight excluding hydrogens is 267 g/mol. The van der Waals surface area contributed by atoms with Crippen LogP contribution in [0.15, 0.2) is 48.5 Å². The Hall–Kier alpha value is -1.58. The summed E-state index contributed by atoms with van der Waals surface area (Å²) in [5.74, 6) is -0.0774. The van der Waals surface area contributed by atoms with E-state index < -0.39 is 11.4 Å². The minimum absolute atomic E-state index is 0.0301. The molecule has 0 aliphatic rings. The molecule has 0 spiro atoms. The molecule has 0 heterocycles. The van der Waals surface area contributed by atoms with Gasteiger partial charge in [0.1, 0.15) is 23.8 Å². The average molecular weight is 281 g/mol. The molecular formula is C15H14ClFO2. The van der Waals surface area contributed by atoms with Crippen LogP contribution in [0.4, 0.5) is 4.39 Å². The van der Waals surface area contributed by atoms with Crippen LogP contribution in [0.1, 0.15) is 12.5 Å². The molecule has 2 nitrogen and oxygen atoms in total. The number of hydrogen-bond acceptors (Lipinski definition) is 2. The van der Waals surface area contributed by atoms with Crippen molar-refractivity contribution in [3.63, 3.8) is 0 Å². The first kappa shape index (κ1) is 13.8. The lowest BCUT2D eigenvalue weighted by Gasteiger charge is -2.24. The van der Waals surface area contributed by atoms with Crippen molar-refractivity contribution in [2.75, 3.05) is 6.61 Å². The van der Waals surface area contributed by atoms with Crippen LogP contribution >= 0.6 is 11.6 Å². The molecule has 2 aromatic rings. The predicted molar refractivity (Wildman–Crippen MR) is 72.9 cm³/mol. The van der Waals surface area contributed by atoms with E-state index in [1.54, 1.807) is 6.92 Å². The third-order valence-corrected chi connectivity index (χ3v) is 3.09. The van der Waals surface area contributed by atoms with Crippen molar-refractivity contribution in [3.8, 4) is 5.75 Å². The number of ether oxygens (including phenoxy) is 1. The fraction of sp³-hybridized carbons (Fsp3) is 0.200. The second-order valence-electron chi connectivity index (χ2n) is 4.50. The second kappa shape index (κ2) is 5.59. The number of benzene rings is 2. The summed E-state index contributed by atoms with van der Waals surface area (Å²) in [6.45, 7) is 1.68. The quantitative estimate of drug-likeness (QED) is 0.924. The fourth-order valence-corrected chi connectivity index (χ4v) is 1.91. The molecule has 0 amide bonds. The molecule has 19 heavy (non-hydrogen) atoms. The standard InChI is InChI=1S/C15H14ClFO2/c1-15(18,11-5-3-2-4-6-11)10-19-14-8-7-12(17)9-13(14)16/h2-9,18H,10H2,1H3. The molecule has 0 aromatic heterocycles. The van der Waals surface area contributed by atoms with E-state index in [1.807, 2.05) is 30.3 Å². The Kier molecular flexibility index (Phi) is 4.08.